The molecule has 0 radical (unpaired) electrons. The van der Waals surface area contributed by atoms with E-state index < -0.39 is 0 Å². The van der Waals surface area contributed by atoms with E-state index in [4.69, 9.17) is 0 Å². The second-order valence-corrected chi connectivity index (χ2v) is 6.27. The molecule has 1 aromatic rings. The lowest BCUT2D eigenvalue weighted by Gasteiger charge is -2.13. The molecule has 4 nitrogen and oxygen atoms in total. The second-order valence-electron chi connectivity index (χ2n) is 5.41. The minimum atomic E-state index is -0.304. The molecule has 0 unspecified atom stereocenters. The predicted molar refractivity (Wildman–Crippen MR) is 91.6 cm³/mol. The Balaban J connectivity index is 1.69. The zero-order chi connectivity index (χ0) is 15.8. The van der Waals surface area contributed by atoms with Gasteiger partial charge in [0.2, 0.25) is 11.8 Å². The van der Waals surface area contributed by atoms with Crippen molar-refractivity contribution < 1.29 is 9.59 Å². The average molecular weight is 365 g/mol. The molecule has 2 amide bonds. The Morgan fingerprint density at radius 3 is 2.68 bits per heavy atom. The molecule has 1 aromatic carbocycles. The van der Waals surface area contributed by atoms with Crippen molar-refractivity contribution in [3.63, 3.8) is 0 Å². The number of para-hydroxylation sites is 1. The van der Waals surface area contributed by atoms with Gasteiger partial charge in [-0.3, -0.25) is 9.59 Å². The van der Waals surface area contributed by atoms with Gasteiger partial charge in [0.15, 0.2) is 0 Å². The first-order valence-corrected chi connectivity index (χ1v) is 8.43. The van der Waals surface area contributed by atoms with Gasteiger partial charge in [0, 0.05) is 11.0 Å². The Hall–Kier alpha value is -1.62. The van der Waals surface area contributed by atoms with Crippen LogP contribution in [0.25, 0.3) is 0 Å². The third kappa shape index (κ3) is 5.64. The van der Waals surface area contributed by atoms with Crippen molar-refractivity contribution >= 4 is 33.4 Å². The third-order valence-electron chi connectivity index (χ3n) is 3.62. The van der Waals surface area contributed by atoms with Gasteiger partial charge in [-0.25, -0.2) is 0 Å². The number of amides is 2. The SMILES string of the molecule is O=C(CC(=O)Nc1ccccc1Br)NCCC1=CCCCC1. The molecule has 22 heavy (non-hydrogen) atoms. The number of nitrogens with one attached hydrogen (secondary N) is 2. The van der Waals surface area contributed by atoms with Crippen LogP contribution in [0.4, 0.5) is 5.69 Å². The molecule has 0 saturated carbocycles. The van der Waals surface area contributed by atoms with Crippen LogP contribution in [0.2, 0.25) is 0 Å². The first-order valence-electron chi connectivity index (χ1n) is 7.64. The van der Waals surface area contributed by atoms with Crippen LogP contribution in [0.3, 0.4) is 0 Å². The van der Waals surface area contributed by atoms with Crippen LogP contribution in [0.15, 0.2) is 40.4 Å². The fraction of sp³-hybridized carbons (Fsp3) is 0.412. The van der Waals surface area contributed by atoms with Gasteiger partial charge in [-0.1, -0.05) is 23.8 Å². The van der Waals surface area contributed by atoms with Gasteiger partial charge in [0.25, 0.3) is 0 Å². The molecular weight excluding hydrogens is 344 g/mol. The summed E-state index contributed by atoms with van der Waals surface area (Å²) in [5, 5.41) is 5.53. The van der Waals surface area contributed by atoms with E-state index in [0.717, 1.165) is 23.7 Å². The van der Waals surface area contributed by atoms with E-state index in [1.807, 2.05) is 18.2 Å². The number of allylic oxidation sites excluding steroid dienone is 1. The standard InChI is InChI=1S/C17H21BrN2O2/c18-14-8-4-5-9-15(14)20-17(22)12-16(21)19-11-10-13-6-2-1-3-7-13/h4-6,8-9H,1-3,7,10-12H2,(H,19,21)(H,20,22). The normalized spacial score (nSPS) is 14.1. The lowest BCUT2D eigenvalue weighted by atomic mass is 9.97. The van der Waals surface area contributed by atoms with E-state index in [1.54, 1.807) is 6.07 Å². The molecule has 0 heterocycles. The van der Waals surface area contributed by atoms with E-state index >= 15 is 0 Å². The van der Waals surface area contributed by atoms with Gasteiger partial charge in [0.1, 0.15) is 6.42 Å². The topological polar surface area (TPSA) is 58.2 Å². The fourth-order valence-electron chi connectivity index (χ4n) is 2.46. The van der Waals surface area contributed by atoms with Gasteiger partial charge in [-0.15, -0.1) is 0 Å². The van der Waals surface area contributed by atoms with Gasteiger partial charge in [-0.05, 0) is 60.2 Å². The molecular formula is C17H21BrN2O2. The molecule has 1 aliphatic rings. The number of benzene rings is 1. The molecule has 5 heteroatoms. The van der Waals surface area contributed by atoms with E-state index in [0.29, 0.717) is 12.2 Å². The number of hydrogen-bond donors (Lipinski definition) is 2. The highest BCUT2D eigenvalue weighted by Crippen LogP contribution is 2.21. The van der Waals surface area contributed by atoms with E-state index in [9.17, 15) is 9.59 Å². The maximum Gasteiger partial charge on any atom is 0.233 e. The summed E-state index contributed by atoms with van der Waals surface area (Å²) >= 11 is 3.36. The summed E-state index contributed by atoms with van der Waals surface area (Å²) in [7, 11) is 0. The number of anilines is 1. The molecule has 0 saturated heterocycles. The van der Waals surface area contributed by atoms with Crippen molar-refractivity contribution in [3.05, 3.63) is 40.4 Å². The van der Waals surface area contributed by atoms with Crippen molar-refractivity contribution in [2.75, 3.05) is 11.9 Å². The summed E-state index contributed by atoms with van der Waals surface area (Å²) in [6.07, 6.45) is 7.81. The molecule has 0 aromatic heterocycles. The lowest BCUT2D eigenvalue weighted by Crippen LogP contribution is -2.29. The van der Waals surface area contributed by atoms with Crippen LogP contribution in [0, 0.1) is 0 Å². The fourth-order valence-corrected chi connectivity index (χ4v) is 2.84. The highest BCUT2D eigenvalue weighted by molar-refractivity contribution is 9.10. The average Bonchev–Trinajstić information content (AvgIpc) is 2.50. The van der Waals surface area contributed by atoms with Crippen LogP contribution in [0.5, 0.6) is 0 Å². The molecule has 1 aliphatic carbocycles. The Labute approximate surface area is 139 Å². The molecule has 0 atom stereocenters. The molecule has 118 valence electrons. The van der Waals surface area contributed by atoms with E-state index in [1.165, 1.54) is 18.4 Å². The zero-order valence-electron chi connectivity index (χ0n) is 12.5. The van der Waals surface area contributed by atoms with Crippen molar-refractivity contribution in [2.24, 2.45) is 0 Å². The molecule has 0 spiro atoms. The molecule has 0 fully saturated rings. The lowest BCUT2D eigenvalue weighted by molar-refractivity contribution is -0.126. The van der Waals surface area contributed by atoms with Crippen LogP contribution in [-0.4, -0.2) is 18.4 Å². The van der Waals surface area contributed by atoms with Crippen LogP contribution < -0.4 is 10.6 Å². The number of rotatable bonds is 6. The Morgan fingerprint density at radius 1 is 1.14 bits per heavy atom. The minimum absolute atomic E-state index is 0.152. The van der Waals surface area contributed by atoms with Crippen molar-refractivity contribution in [1.29, 1.82) is 0 Å². The van der Waals surface area contributed by atoms with Crippen molar-refractivity contribution in [2.45, 2.75) is 38.5 Å². The Morgan fingerprint density at radius 2 is 1.95 bits per heavy atom. The van der Waals surface area contributed by atoms with Gasteiger partial charge in [0.05, 0.1) is 5.69 Å². The molecule has 0 aliphatic heterocycles. The van der Waals surface area contributed by atoms with Crippen molar-refractivity contribution in [1.82, 2.24) is 5.32 Å². The maximum absolute atomic E-state index is 11.8. The summed E-state index contributed by atoms with van der Waals surface area (Å²) in [6, 6.07) is 7.33. The highest BCUT2D eigenvalue weighted by Gasteiger charge is 2.11. The number of halogens is 1. The minimum Gasteiger partial charge on any atom is -0.355 e. The van der Waals surface area contributed by atoms with E-state index in [-0.39, 0.29) is 18.2 Å². The zero-order valence-corrected chi connectivity index (χ0v) is 14.1. The summed E-state index contributed by atoms with van der Waals surface area (Å²) in [5.41, 5.74) is 2.09. The molecule has 2 rings (SSSR count). The third-order valence-corrected chi connectivity index (χ3v) is 4.31. The van der Waals surface area contributed by atoms with Gasteiger partial charge in [-0.2, -0.15) is 0 Å². The maximum atomic E-state index is 11.8. The van der Waals surface area contributed by atoms with E-state index in [2.05, 4.69) is 32.6 Å². The Kier molecular flexibility index (Phi) is 6.65. The highest BCUT2D eigenvalue weighted by atomic mass is 79.9. The number of carbonyl (C=O) groups is 2. The smallest absolute Gasteiger partial charge is 0.233 e. The summed E-state index contributed by atoms with van der Waals surface area (Å²) in [6.45, 7) is 0.604. The van der Waals surface area contributed by atoms with Gasteiger partial charge < -0.3 is 10.6 Å². The number of carbonyl (C=O) groups excluding carboxylic acids is 2. The number of hydrogen-bond acceptors (Lipinski definition) is 2. The van der Waals surface area contributed by atoms with Crippen molar-refractivity contribution in [3.8, 4) is 0 Å². The first-order chi connectivity index (χ1) is 10.6. The summed E-state index contributed by atoms with van der Waals surface area (Å²) < 4.78 is 0.799. The van der Waals surface area contributed by atoms with Crippen LogP contribution >= 0.6 is 15.9 Å². The molecule has 0 bridgehead atoms. The predicted octanol–water partition coefficient (Wildman–Crippen LogP) is 3.78. The molecule has 2 N–H and O–H groups in total. The monoisotopic (exact) mass is 364 g/mol. The van der Waals surface area contributed by atoms with Gasteiger partial charge >= 0.3 is 0 Å². The summed E-state index contributed by atoms with van der Waals surface area (Å²) in [5.74, 6) is -0.540. The summed E-state index contributed by atoms with van der Waals surface area (Å²) in [4.78, 5) is 23.6. The Bertz CT molecular complexity index is 570. The second kappa shape index (κ2) is 8.73. The first kappa shape index (κ1) is 16.7. The van der Waals surface area contributed by atoms with Crippen LogP contribution in [-0.2, 0) is 9.59 Å². The quantitative estimate of drug-likeness (QED) is 0.595. The largest absolute Gasteiger partial charge is 0.355 e. The van der Waals surface area contributed by atoms with Crippen LogP contribution in [0.1, 0.15) is 38.5 Å².